The second kappa shape index (κ2) is 4.68. The fourth-order valence-electron chi connectivity index (χ4n) is 2.25. The molecule has 88 valence electrons. The normalized spacial score (nSPS) is 17.9. The van der Waals surface area contributed by atoms with Gasteiger partial charge < -0.3 is 0 Å². The summed E-state index contributed by atoms with van der Waals surface area (Å²) in [5, 5.41) is 4.10. The highest BCUT2D eigenvalue weighted by Gasteiger charge is 2.35. The molecule has 16 heavy (non-hydrogen) atoms. The molecule has 0 N–H and O–H groups in total. The van der Waals surface area contributed by atoms with Crippen molar-refractivity contribution in [1.29, 1.82) is 0 Å². The van der Waals surface area contributed by atoms with Gasteiger partial charge in [0.25, 0.3) is 0 Å². The van der Waals surface area contributed by atoms with Gasteiger partial charge in [-0.2, -0.15) is 11.3 Å². The third-order valence-electron chi connectivity index (χ3n) is 3.52. The van der Waals surface area contributed by atoms with Gasteiger partial charge in [-0.1, -0.05) is 0 Å². The zero-order valence-electron chi connectivity index (χ0n) is 10.0. The van der Waals surface area contributed by atoms with Crippen LogP contribution in [0.4, 0.5) is 0 Å². The van der Waals surface area contributed by atoms with Crippen molar-refractivity contribution in [3.63, 3.8) is 0 Å². The van der Waals surface area contributed by atoms with Crippen molar-refractivity contribution >= 4 is 17.1 Å². The lowest BCUT2D eigenvalue weighted by Crippen LogP contribution is -2.49. The van der Waals surface area contributed by atoms with Crippen molar-refractivity contribution in [3.05, 3.63) is 22.4 Å². The number of carbonyl (C=O) groups is 1. The number of likely N-dealkylation sites (tertiary alicyclic amines) is 1. The maximum absolute atomic E-state index is 12.3. The molecular formula is C13H19NOS. The molecule has 1 fully saturated rings. The molecule has 0 aromatic carbocycles. The summed E-state index contributed by atoms with van der Waals surface area (Å²) in [5.74, 6) is 0.341. The first kappa shape index (κ1) is 11.8. The molecule has 0 aliphatic carbocycles. The van der Waals surface area contributed by atoms with Gasteiger partial charge in [-0.15, -0.1) is 0 Å². The smallest absolute Gasteiger partial charge is 0.156 e. The summed E-state index contributed by atoms with van der Waals surface area (Å²) in [5.41, 5.74) is 0.862. The van der Waals surface area contributed by atoms with Gasteiger partial charge in [0, 0.05) is 6.42 Å². The van der Waals surface area contributed by atoms with Gasteiger partial charge >= 0.3 is 0 Å². The number of hydrogen-bond acceptors (Lipinski definition) is 3. The minimum absolute atomic E-state index is 0.293. The first-order valence-corrected chi connectivity index (χ1v) is 6.84. The average Bonchev–Trinajstić information content (AvgIpc) is 2.89. The molecule has 1 aliphatic heterocycles. The zero-order valence-corrected chi connectivity index (χ0v) is 10.8. The predicted molar refractivity (Wildman–Crippen MR) is 67.9 cm³/mol. The number of carbonyl (C=O) groups excluding carboxylic acids is 1. The van der Waals surface area contributed by atoms with Gasteiger partial charge in [0.05, 0.1) is 5.54 Å². The summed E-state index contributed by atoms with van der Waals surface area (Å²) >= 11 is 1.66. The van der Waals surface area contributed by atoms with E-state index in [1.807, 2.05) is 11.4 Å². The Balaban J connectivity index is 2.02. The Bertz CT molecular complexity index is 350. The Labute approximate surface area is 101 Å². The van der Waals surface area contributed by atoms with Crippen LogP contribution in [0, 0.1) is 0 Å². The summed E-state index contributed by atoms with van der Waals surface area (Å²) in [6, 6.07) is 2.04. The third-order valence-corrected chi connectivity index (χ3v) is 4.26. The molecule has 1 aliphatic rings. The summed E-state index contributed by atoms with van der Waals surface area (Å²) in [6.45, 7) is 6.27. The molecular weight excluding hydrogens is 218 g/mol. The van der Waals surface area contributed by atoms with Crippen LogP contribution in [0.2, 0.25) is 0 Å². The van der Waals surface area contributed by atoms with Crippen LogP contribution in [-0.4, -0.2) is 29.3 Å². The number of nitrogens with zero attached hydrogens (tertiary/aromatic N) is 1. The van der Waals surface area contributed by atoms with Crippen LogP contribution in [0.15, 0.2) is 16.8 Å². The fourth-order valence-corrected chi connectivity index (χ4v) is 2.92. The highest BCUT2D eigenvalue weighted by molar-refractivity contribution is 7.08. The molecule has 1 aromatic heterocycles. The predicted octanol–water partition coefficient (Wildman–Crippen LogP) is 2.73. The molecule has 2 rings (SSSR count). The maximum atomic E-state index is 12.3. The molecule has 0 amide bonds. The molecule has 0 saturated carbocycles. The minimum Gasteiger partial charge on any atom is -0.297 e. The highest BCUT2D eigenvalue weighted by Crippen LogP contribution is 2.23. The lowest BCUT2D eigenvalue weighted by molar-refractivity contribution is -0.128. The van der Waals surface area contributed by atoms with Crippen LogP contribution < -0.4 is 0 Å². The van der Waals surface area contributed by atoms with Crippen LogP contribution in [-0.2, 0) is 11.2 Å². The van der Waals surface area contributed by atoms with Gasteiger partial charge in [-0.05, 0) is 62.2 Å². The van der Waals surface area contributed by atoms with Gasteiger partial charge in [0.15, 0.2) is 5.78 Å². The summed E-state index contributed by atoms with van der Waals surface area (Å²) in [7, 11) is 0. The lowest BCUT2D eigenvalue weighted by Gasteiger charge is -2.33. The molecule has 0 unspecified atom stereocenters. The number of thiophene rings is 1. The van der Waals surface area contributed by atoms with E-state index in [1.54, 1.807) is 11.3 Å². The zero-order chi connectivity index (χ0) is 11.6. The number of ketones is 1. The van der Waals surface area contributed by atoms with E-state index in [-0.39, 0.29) is 5.54 Å². The van der Waals surface area contributed by atoms with Crippen molar-refractivity contribution in [2.24, 2.45) is 0 Å². The minimum atomic E-state index is -0.293. The summed E-state index contributed by atoms with van der Waals surface area (Å²) < 4.78 is 0. The lowest BCUT2D eigenvalue weighted by atomic mass is 9.93. The summed E-state index contributed by atoms with van der Waals surface area (Å²) in [4.78, 5) is 14.6. The quantitative estimate of drug-likeness (QED) is 0.802. The molecule has 0 atom stereocenters. The van der Waals surface area contributed by atoms with Crippen molar-refractivity contribution in [1.82, 2.24) is 4.90 Å². The first-order valence-electron chi connectivity index (χ1n) is 5.90. The van der Waals surface area contributed by atoms with E-state index in [1.165, 1.54) is 12.8 Å². The number of rotatable bonds is 4. The van der Waals surface area contributed by atoms with E-state index in [9.17, 15) is 4.79 Å². The van der Waals surface area contributed by atoms with E-state index < -0.39 is 0 Å². The molecule has 0 radical (unpaired) electrons. The van der Waals surface area contributed by atoms with E-state index in [0.717, 1.165) is 18.7 Å². The molecule has 1 saturated heterocycles. The highest BCUT2D eigenvalue weighted by atomic mass is 32.1. The van der Waals surface area contributed by atoms with Crippen molar-refractivity contribution in [2.45, 2.75) is 38.6 Å². The van der Waals surface area contributed by atoms with Gasteiger partial charge in [-0.25, -0.2) is 0 Å². The van der Waals surface area contributed by atoms with Crippen molar-refractivity contribution < 1.29 is 4.79 Å². The van der Waals surface area contributed by atoms with Crippen LogP contribution >= 0.6 is 11.3 Å². The van der Waals surface area contributed by atoms with Crippen LogP contribution in [0.5, 0.6) is 0 Å². The Hall–Kier alpha value is -0.670. The first-order chi connectivity index (χ1) is 7.60. The Morgan fingerprint density at radius 2 is 2.12 bits per heavy atom. The fraction of sp³-hybridized carbons (Fsp3) is 0.615. The standard InChI is InChI=1S/C13H19NOS/c1-13(2,14-6-3-4-7-14)12(15)9-11-5-8-16-10-11/h5,8,10H,3-4,6-7,9H2,1-2H3. The van der Waals surface area contributed by atoms with Crippen LogP contribution in [0.3, 0.4) is 0 Å². The molecule has 3 heteroatoms. The third kappa shape index (κ3) is 2.36. The van der Waals surface area contributed by atoms with E-state index >= 15 is 0 Å². The maximum Gasteiger partial charge on any atom is 0.156 e. The molecule has 1 aromatic rings. The van der Waals surface area contributed by atoms with E-state index in [4.69, 9.17) is 0 Å². The number of hydrogen-bond donors (Lipinski definition) is 0. The van der Waals surface area contributed by atoms with Crippen molar-refractivity contribution in [2.75, 3.05) is 13.1 Å². The second-order valence-electron chi connectivity index (χ2n) is 4.98. The SMILES string of the molecule is CC(C)(C(=O)Cc1ccsc1)N1CCCC1. The monoisotopic (exact) mass is 237 g/mol. The van der Waals surface area contributed by atoms with Crippen LogP contribution in [0.1, 0.15) is 32.3 Å². The Morgan fingerprint density at radius 1 is 1.44 bits per heavy atom. The van der Waals surface area contributed by atoms with Crippen LogP contribution in [0.25, 0.3) is 0 Å². The van der Waals surface area contributed by atoms with Gasteiger partial charge in [0.1, 0.15) is 0 Å². The van der Waals surface area contributed by atoms with E-state index in [2.05, 4.69) is 24.1 Å². The van der Waals surface area contributed by atoms with Gasteiger partial charge in [0.2, 0.25) is 0 Å². The van der Waals surface area contributed by atoms with E-state index in [0.29, 0.717) is 12.2 Å². The molecule has 2 nitrogen and oxygen atoms in total. The van der Waals surface area contributed by atoms with Crippen molar-refractivity contribution in [3.8, 4) is 0 Å². The Kier molecular flexibility index (Phi) is 3.45. The topological polar surface area (TPSA) is 20.3 Å². The average molecular weight is 237 g/mol. The molecule has 0 spiro atoms. The Morgan fingerprint density at radius 3 is 2.69 bits per heavy atom. The molecule has 2 heterocycles. The van der Waals surface area contributed by atoms with Gasteiger partial charge in [-0.3, -0.25) is 9.69 Å². The molecule has 0 bridgehead atoms. The number of Topliss-reactive ketones (excluding diaryl/α,β-unsaturated/α-hetero) is 1. The second-order valence-corrected chi connectivity index (χ2v) is 5.76. The summed E-state index contributed by atoms with van der Waals surface area (Å²) in [6.07, 6.45) is 3.04. The largest absolute Gasteiger partial charge is 0.297 e.